The van der Waals surface area contributed by atoms with Crippen LogP contribution in [0.25, 0.3) is 22.2 Å². The number of aryl methyl sites for hydroxylation is 1. The van der Waals surface area contributed by atoms with E-state index in [0.29, 0.717) is 46.1 Å². The van der Waals surface area contributed by atoms with Crippen molar-refractivity contribution in [2.45, 2.75) is 12.8 Å². The van der Waals surface area contributed by atoms with Gasteiger partial charge >= 0.3 is 0 Å². The number of hydrogen-bond acceptors (Lipinski definition) is 8. The minimum Gasteiger partial charge on any atom is -0.497 e. The molecule has 3 aromatic carbocycles. The lowest BCUT2D eigenvalue weighted by Gasteiger charge is -2.10. The Morgan fingerprint density at radius 3 is 2.58 bits per heavy atom. The highest BCUT2D eigenvalue weighted by molar-refractivity contribution is 5.93. The summed E-state index contributed by atoms with van der Waals surface area (Å²) in [4.78, 5) is 28.9. The number of aromatic nitrogens is 4. The molecule has 36 heavy (non-hydrogen) atoms. The van der Waals surface area contributed by atoms with Crippen LogP contribution in [0.5, 0.6) is 5.75 Å². The fourth-order valence-corrected chi connectivity index (χ4v) is 3.68. The molecule has 0 saturated heterocycles. The van der Waals surface area contributed by atoms with Crippen LogP contribution in [0.3, 0.4) is 0 Å². The van der Waals surface area contributed by atoms with Gasteiger partial charge in [-0.1, -0.05) is 29.4 Å². The molecule has 0 aliphatic rings. The molecule has 0 saturated carbocycles. The molecule has 5 rings (SSSR count). The first-order chi connectivity index (χ1) is 17.6. The summed E-state index contributed by atoms with van der Waals surface area (Å²) in [7, 11) is 1.60. The molecular weight excluding hydrogens is 460 g/mol. The number of anilines is 3. The number of nitrogens with zero attached hydrogens (tertiary/aromatic N) is 3. The van der Waals surface area contributed by atoms with E-state index in [1.54, 1.807) is 31.4 Å². The van der Waals surface area contributed by atoms with E-state index >= 15 is 0 Å². The second kappa shape index (κ2) is 10.1. The molecule has 10 nitrogen and oxygen atoms in total. The number of fused-ring (bicyclic) bond motifs is 1. The fraction of sp³-hybridized carbons (Fsp3) is 0.115. The minimum atomic E-state index is -0.255. The maximum absolute atomic E-state index is 12.5. The van der Waals surface area contributed by atoms with Gasteiger partial charge in [-0.3, -0.25) is 9.59 Å². The molecule has 180 valence electrons. The second-order valence-corrected chi connectivity index (χ2v) is 7.94. The lowest BCUT2D eigenvalue weighted by atomic mass is 10.2. The van der Waals surface area contributed by atoms with E-state index in [4.69, 9.17) is 9.26 Å². The van der Waals surface area contributed by atoms with Gasteiger partial charge in [-0.15, -0.1) is 0 Å². The van der Waals surface area contributed by atoms with Gasteiger partial charge in [-0.05, 0) is 48.5 Å². The van der Waals surface area contributed by atoms with Gasteiger partial charge in [-0.25, -0.2) is 5.10 Å². The molecule has 0 aliphatic carbocycles. The largest absolute Gasteiger partial charge is 0.497 e. The molecule has 0 unspecified atom stereocenters. The van der Waals surface area contributed by atoms with Gasteiger partial charge in [0.15, 0.2) is 5.82 Å². The van der Waals surface area contributed by atoms with Crippen molar-refractivity contribution in [1.29, 1.82) is 0 Å². The summed E-state index contributed by atoms with van der Waals surface area (Å²) in [6.07, 6.45) is 0.480. The maximum Gasteiger partial charge on any atom is 0.272 e. The summed E-state index contributed by atoms with van der Waals surface area (Å²) in [6, 6.07) is 21.7. The van der Waals surface area contributed by atoms with Gasteiger partial charge in [0.05, 0.1) is 12.5 Å². The molecule has 0 radical (unpaired) electrons. The van der Waals surface area contributed by atoms with Crippen molar-refractivity contribution in [1.82, 2.24) is 20.3 Å². The lowest BCUT2D eigenvalue weighted by molar-refractivity contribution is -0.116. The molecule has 0 spiro atoms. The highest BCUT2D eigenvalue weighted by atomic mass is 16.5. The zero-order valence-electron chi connectivity index (χ0n) is 19.3. The third-order valence-electron chi connectivity index (χ3n) is 5.49. The maximum atomic E-state index is 12.5. The fourth-order valence-electron chi connectivity index (χ4n) is 3.68. The number of H-pyrrole nitrogens is 1. The SMILES string of the molecule is COc1ccc(-c2noc(CCC(=O)Nc3cccc(Nc4n[nH]c(=O)c5ccccc45)c3)n2)cc1. The highest BCUT2D eigenvalue weighted by Gasteiger charge is 2.12. The first kappa shape index (κ1) is 22.8. The number of carbonyl (C=O) groups is 1. The molecule has 0 bridgehead atoms. The number of ether oxygens (including phenoxy) is 1. The summed E-state index contributed by atoms with van der Waals surface area (Å²) in [5.74, 6) is 1.89. The quantitative estimate of drug-likeness (QED) is 0.298. The molecule has 3 N–H and O–H groups in total. The van der Waals surface area contributed by atoms with Crippen LogP contribution in [0, 0.1) is 0 Å². The monoisotopic (exact) mass is 482 g/mol. The van der Waals surface area contributed by atoms with Crippen LogP contribution in [-0.4, -0.2) is 33.4 Å². The topological polar surface area (TPSA) is 135 Å². The van der Waals surface area contributed by atoms with E-state index in [1.807, 2.05) is 48.5 Å². The third kappa shape index (κ3) is 5.07. The molecule has 0 atom stereocenters. The Morgan fingerprint density at radius 2 is 1.78 bits per heavy atom. The zero-order valence-corrected chi connectivity index (χ0v) is 19.3. The average Bonchev–Trinajstić information content (AvgIpc) is 3.39. The number of benzene rings is 3. The number of methoxy groups -OCH3 is 1. The molecule has 2 aromatic heterocycles. The van der Waals surface area contributed by atoms with E-state index in [2.05, 4.69) is 31.0 Å². The lowest BCUT2D eigenvalue weighted by Crippen LogP contribution is -2.13. The summed E-state index contributed by atoms with van der Waals surface area (Å²) in [5, 5.41) is 17.9. The third-order valence-corrected chi connectivity index (χ3v) is 5.49. The van der Waals surface area contributed by atoms with Crippen molar-refractivity contribution in [3.05, 3.63) is 89.0 Å². The summed E-state index contributed by atoms with van der Waals surface area (Å²) in [5.41, 5.74) is 1.86. The zero-order chi connectivity index (χ0) is 24.9. The Bertz CT molecular complexity index is 1580. The number of aromatic amines is 1. The van der Waals surface area contributed by atoms with Crippen molar-refractivity contribution >= 4 is 33.9 Å². The predicted molar refractivity (Wildman–Crippen MR) is 135 cm³/mol. The van der Waals surface area contributed by atoms with Crippen LogP contribution >= 0.6 is 0 Å². The van der Waals surface area contributed by atoms with E-state index < -0.39 is 0 Å². The van der Waals surface area contributed by atoms with Crippen LogP contribution in [0.2, 0.25) is 0 Å². The van der Waals surface area contributed by atoms with Gasteiger partial charge in [0.2, 0.25) is 17.6 Å². The van der Waals surface area contributed by atoms with Gasteiger partial charge in [-0.2, -0.15) is 10.1 Å². The molecule has 1 amide bonds. The van der Waals surface area contributed by atoms with Crippen molar-refractivity contribution < 1.29 is 14.1 Å². The van der Waals surface area contributed by atoms with Crippen molar-refractivity contribution in [3.63, 3.8) is 0 Å². The average molecular weight is 483 g/mol. The van der Waals surface area contributed by atoms with Gasteiger partial charge < -0.3 is 19.9 Å². The Balaban J connectivity index is 1.21. The Kier molecular flexibility index (Phi) is 6.39. The van der Waals surface area contributed by atoms with Crippen LogP contribution in [0.15, 0.2) is 82.1 Å². The summed E-state index contributed by atoms with van der Waals surface area (Å²) in [6.45, 7) is 0. The number of rotatable bonds is 8. The van der Waals surface area contributed by atoms with Gasteiger partial charge in [0.1, 0.15) is 5.75 Å². The van der Waals surface area contributed by atoms with E-state index in [9.17, 15) is 9.59 Å². The van der Waals surface area contributed by atoms with Gasteiger partial charge in [0, 0.05) is 35.2 Å². The Morgan fingerprint density at radius 1 is 1.00 bits per heavy atom. The standard InChI is InChI=1S/C26H22N6O4/c1-35-19-11-9-16(10-12-19)24-29-23(36-32-24)14-13-22(33)27-17-5-4-6-18(15-17)28-25-20-7-2-3-8-21(20)26(34)31-30-25/h2-12,15H,13-14H2,1H3,(H,27,33)(H,28,30)(H,31,34). The number of nitrogens with one attached hydrogen (secondary N) is 3. The smallest absolute Gasteiger partial charge is 0.272 e. The highest BCUT2D eigenvalue weighted by Crippen LogP contribution is 2.24. The molecular formula is C26H22N6O4. The van der Waals surface area contributed by atoms with Crippen LogP contribution in [0.1, 0.15) is 12.3 Å². The number of hydrogen-bond donors (Lipinski definition) is 3. The Hall–Kier alpha value is -4.99. The predicted octanol–water partition coefficient (Wildman–Crippen LogP) is 4.30. The molecule has 5 aromatic rings. The molecule has 2 heterocycles. The van der Waals surface area contributed by atoms with Gasteiger partial charge in [0.25, 0.3) is 5.56 Å². The van der Waals surface area contributed by atoms with Crippen molar-refractivity contribution in [2.24, 2.45) is 0 Å². The minimum absolute atomic E-state index is 0.175. The van der Waals surface area contributed by atoms with Crippen LogP contribution < -0.4 is 20.9 Å². The van der Waals surface area contributed by atoms with E-state index in [0.717, 1.165) is 11.3 Å². The van der Waals surface area contributed by atoms with E-state index in [-0.39, 0.29) is 17.9 Å². The molecule has 0 aliphatic heterocycles. The second-order valence-electron chi connectivity index (χ2n) is 7.94. The van der Waals surface area contributed by atoms with Crippen molar-refractivity contribution in [2.75, 3.05) is 17.7 Å². The van der Waals surface area contributed by atoms with Crippen LogP contribution in [0.4, 0.5) is 17.2 Å². The molecule has 10 heteroatoms. The van der Waals surface area contributed by atoms with E-state index in [1.165, 1.54) is 0 Å². The summed E-state index contributed by atoms with van der Waals surface area (Å²) >= 11 is 0. The normalized spacial score (nSPS) is 10.8. The number of amides is 1. The first-order valence-corrected chi connectivity index (χ1v) is 11.2. The van der Waals surface area contributed by atoms with Crippen molar-refractivity contribution in [3.8, 4) is 17.1 Å². The Labute approximate surface area is 205 Å². The number of carbonyl (C=O) groups excluding carboxylic acids is 1. The van der Waals surface area contributed by atoms with Crippen LogP contribution in [-0.2, 0) is 11.2 Å². The molecule has 0 fully saturated rings. The summed E-state index contributed by atoms with van der Waals surface area (Å²) < 4.78 is 10.4. The first-order valence-electron chi connectivity index (χ1n) is 11.2.